The van der Waals surface area contributed by atoms with E-state index in [1.165, 1.54) is 16.9 Å². The van der Waals surface area contributed by atoms with Crippen molar-refractivity contribution in [3.05, 3.63) is 81.5 Å². The molecule has 200 valence electrons. The molecule has 2 heterocycles. The zero-order chi connectivity index (χ0) is 27.5. The molecule has 5 rings (SSSR count). The number of anilines is 2. The van der Waals surface area contributed by atoms with Gasteiger partial charge in [-0.15, -0.1) is 11.3 Å². The summed E-state index contributed by atoms with van der Waals surface area (Å²) in [6.45, 7) is 10.0. The first kappa shape index (κ1) is 26.2. The van der Waals surface area contributed by atoms with Gasteiger partial charge < -0.3 is 20.1 Å². The van der Waals surface area contributed by atoms with Gasteiger partial charge >= 0.3 is 0 Å². The summed E-state index contributed by atoms with van der Waals surface area (Å²) >= 11 is 1.46. The Kier molecular flexibility index (Phi) is 7.51. The summed E-state index contributed by atoms with van der Waals surface area (Å²) in [7, 11) is 0. The van der Waals surface area contributed by atoms with Gasteiger partial charge in [-0.2, -0.15) is 5.10 Å². The van der Waals surface area contributed by atoms with Crippen molar-refractivity contribution in [2.24, 2.45) is 10.1 Å². The first-order chi connectivity index (χ1) is 18.9. The lowest BCUT2D eigenvalue weighted by Gasteiger charge is -2.21. The molecule has 0 saturated carbocycles. The molecule has 0 atom stereocenters. The van der Waals surface area contributed by atoms with E-state index in [9.17, 15) is 9.90 Å². The van der Waals surface area contributed by atoms with Gasteiger partial charge in [-0.25, -0.2) is 9.67 Å². The molecule has 0 radical (unpaired) electrons. The van der Waals surface area contributed by atoms with E-state index in [4.69, 9.17) is 14.8 Å². The number of amides is 1. The number of aromatic hydroxyl groups is 1. The molecule has 1 amide bonds. The molecule has 0 saturated heterocycles. The monoisotopic (exact) mass is 541 g/mol. The third-order valence-electron chi connectivity index (χ3n) is 6.76. The van der Waals surface area contributed by atoms with Crippen LogP contribution in [0.25, 0.3) is 11.3 Å². The molecular weight excluding hydrogens is 510 g/mol. The van der Waals surface area contributed by atoms with Crippen molar-refractivity contribution >= 4 is 40.5 Å². The average Bonchev–Trinajstić information content (AvgIpc) is 3.32. The molecule has 0 unspecified atom stereocenters. The molecule has 0 bridgehead atoms. The number of hydrogen-bond donors (Lipinski definition) is 2. The van der Waals surface area contributed by atoms with Gasteiger partial charge in [-0.05, 0) is 81.3 Å². The van der Waals surface area contributed by atoms with Crippen molar-refractivity contribution < 1.29 is 14.6 Å². The van der Waals surface area contributed by atoms with Crippen LogP contribution < -0.4 is 19.8 Å². The highest BCUT2D eigenvalue weighted by molar-refractivity contribution is 7.07. The summed E-state index contributed by atoms with van der Waals surface area (Å²) in [6.07, 6.45) is 1.64. The van der Waals surface area contributed by atoms with Crippen LogP contribution in [0.3, 0.4) is 0 Å². The SMILES string of the molecule is CCN(CC)c1ccc(C=Nn2c(-c3ccc4c(c3)NC(=O)CO4)csc2=Nc2ccc(C)c(C)c2)c(O)c1. The minimum Gasteiger partial charge on any atom is -0.507 e. The first-order valence-electron chi connectivity index (χ1n) is 12.9. The molecule has 2 N–H and O–H groups in total. The number of rotatable bonds is 7. The van der Waals surface area contributed by atoms with Crippen molar-refractivity contribution in [1.82, 2.24) is 4.68 Å². The van der Waals surface area contributed by atoms with Crippen molar-refractivity contribution in [2.75, 3.05) is 29.9 Å². The summed E-state index contributed by atoms with van der Waals surface area (Å²) in [5.41, 5.74) is 6.99. The molecule has 0 spiro atoms. The Balaban J connectivity index is 1.59. The molecule has 1 aliphatic rings. The summed E-state index contributed by atoms with van der Waals surface area (Å²) in [5, 5.41) is 20.4. The lowest BCUT2D eigenvalue weighted by atomic mass is 10.1. The normalized spacial score (nSPS) is 13.3. The second-order valence-electron chi connectivity index (χ2n) is 9.30. The van der Waals surface area contributed by atoms with E-state index < -0.39 is 0 Å². The van der Waals surface area contributed by atoms with Crippen molar-refractivity contribution in [2.45, 2.75) is 27.7 Å². The third kappa shape index (κ3) is 5.58. The predicted molar refractivity (Wildman–Crippen MR) is 158 cm³/mol. The fourth-order valence-corrected chi connectivity index (χ4v) is 5.24. The van der Waals surface area contributed by atoms with Gasteiger partial charge in [-0.3, -0.25) is 4.79 Å². The fourth-order valence-electron chi connectivity index (χ4n) is 4.38. The summed E-state index contributed by atoms with van der Waals surface area (Å²) in [5.74, 6) is 0.591. The number of aromatic nitrogens is 1. The first-order valence-corrected chi connectivity index (χ1v) is 13.8. The van der Waals surface area contributed by atoms with Gasteiger partial charge in [0.05, 0.1) is 23.3 Å². The van der Waals surface area contributed by atoms with E-state index in [2.05, 4.69) is 44.0 Å². The Bertz CT molecular complexity index is 1630. The number of nitrogens with one attached hydrogen (secondary N) is 1. The molecule has 3 aromatic carbocycles. The maximum Gasteiger partial charge on any atom is 0.262 e. The third-order valence-corrected chi connectivity index (χ3v) is 7.58. The smallest absolute Gasteiger partial charge is 0.262 e. The number of hydrogen-bond acceptors (Lipinski definition) is 7. The lowest BCUT2D eigenvalue weighted by molar-refractivity contribution is -0.118. The van der Waals surface area contributed by atoms with Crippen LogP contribution in [0.1, 0.15) is 30.5 Å². The van der Waals surface area contributed by atoms with Crippen molar-refractivity contribution in [3.8, 4) is 22.8 Å². The number of thiazole rings is 1. The highest BCUT2D eigenvalue weighted by Crippen LogP contribution is 2.33. The Morgan fingerprint density at radius 1 is 1.08 bits per heavy atom. The second-order valence-corrected chi connectivity index (χ2v) is 10.1. The molecule has 1 aliphatic heterocycles. The van der Waals surface area contributed by atoms with E-state index in [-0.39, 0.29) is 18.3 Å². The zero-order valence-corrected chi connectivity index (χ0v) is 23.2. The molecule has 1 aromatic heterocycles. The number of fused-ring (bicyclic) bond motifs is 1. The standard InChI is InChI=1S/C30H31N5O3S/c1-5-34(6-2)24-11-8-22(27(36)15-24)16-31-35-26(21-9-12-28-25(14-21)33-29(37)17-38-28)18-39-30(35)32-23-10-7-19(3)20(4)13-23/h7-16,18,36H,5-6,17H2,1-4H3,(H,33,37). The number of ether oxygens (including phenoxy) is 1. The number of carbonyl (C=O) groups excluding carboxylic acids is 1. The molecule has 4 aromatic rings. The van der Waals surface area contributed by atoms with Gasteiger partial charge in [0.1, 0.15) is 11.5 Å². The second kappa shape index (κ2) is 11.2. The minimum absolute atomic E-state index is 0.00460. The number of phenolic OH excluding ortho intramolecular Hbond substituents is 1. The average molecular weight is 542 g/mol. The molecule has 9 heteroatoms. The van der Waals surface area contributed by atoms with Crippen molar-refractivity contribution in [3.63, 3.8) is 0 Å². The highest BCUT2D eigenvalue weighted by atomic mass is 32.1. The van der Waals surface area contributed by atoms with Crippen LogP contribution in [0.5, 0.6) is 11.5 Å². The maximum absolute atomic E-state index is 11.9. The topological polar surface area (TPSA) is 91.5 Å². The van der Waals surface area contributed by atoms with Gasteiger partial charge in [0.25, 0.3) is 5.91 Å². The summed E-state index contributed by atoms with van der Waals surface area (Å²) in [4.78, 5) is 19.6. The number of nitrogens with zero attached hydrogens (tertiary/aromatic N) is 4. The minimum atomic E-state index is -0.190. The molecule has 39 heavy (non-hydrogen) atoms. The summed E-state index contributed by atoms with van der Waals surface area (Å²) in [6, 6.07) is 17.3. The Labute approximate surface area is 231 Å². The number of aryl methyl sites for hydroxylation is 2. The van der Waals surface area contributed by atoms with E-state index in [1.54, 1.807) is 17.0 Å². The van der Waals surface area contributed by atoms with Crippen LogP contribution in [0, 0.1) is 13.8 Å². The van der Waals surface area contributed by atoms with Crippen molar-refractivity contribution in [1.29, 1.82) is 0 Å². The molecule has 8 nitrogen and oxygen atoms in total. The Morgan fingerprint density at radius 3 is 2.64 bits per heavy atom. The number of phenols is 1. The lowest BCUT2D eigenvalue weighted by Crippen LogP contribution is -2.25. The van der Waals surface area contributed by atoms with Crippen LogP contribution in [-0.4, -0.2) is 41.6 Å². The number of carbonyl (C=O) groups is 1. The molecule has 0 aliphatic carbocycles. The Hall–Kier alpha value is -4.37. The summed E-state index contributed by atoms with van der Waals surface area (Å²) < 4.78 is 7.28. The van der Waals surface area contributed by atoms with Crippen LogP contribution >= 0.6 is 11.3 Å². The van der Waals surface area contributed by atoms with Gasteiger partial charge in [0, 0.05) is 41.4 Å². The number of benzene rings is 3. The maximum atomic E-state index is 11.9. The van der Waals surface area contributed by atoms with E-state index in [1.807, 2.05) is 47.8 Å². The fraction of sp³-hybridized carbons (Fsp3) is 0.233. The Morgan fingerprint density at radius 2 is 1.90 bits per heavy atom. The van der Waals surface area contributed by atoms with E-state index in [0.717, 1.165) is 41.3 Å². The molecular formula is C30H31N5O3S. The molecule has 0 fully saturated rings. The highest BCUT2D eigenvalue weighted by Gasteiger charge is 2.18. The van der Waals surface area contributed by atoms with E-state index >= 15 is 0 Å². The van der Waals surface area contributed by atoms with Gasteiger partial charge in [0.2, 0.25) is 4.80 Å². The van der Waals surface area contributed by atoms with Gasteiger partial charge in [-0.1, -0.05) is 6.07 Å². The van der Waals surface area contributed by atoms with Crippen LogP contribution in [0.4, 0.5) is 17.1 Å². The van der Waals surface area contributed by atoms with E-state index in [0.29, 0.717) is 21.8 Å². The van der Waals surface area contributed by atoms with Crippen LogP contribution in [0.2, 0.25) is 0 Å². The largest absolute Gasteiger partial charge is 0.507 e. The quantitative estimate of drug-likeness (QED) is 0.288. The van der Waals surface area contributed by atoms with Crippen LogP contribution in [0.15, 0.2) is 70.1 Å². The van der Waals surface area contributed by atoms with Crippen LogP contribution in [-0.2, 0) is 4.79 Å². The van der Waals surface area contributed by atoms with Gasteiger partial charge in [0.15, 0.2) is 6.61 Å². The predicted octanol–water partition coefficient (Wildman–Crippen LogP) is 5.83. The zero-order valence-electron chi connectivity index (χ0n) is 22.4.